The number of anilines is 1. The second kappa shape index (κ2) is 8.94. The minimum atomic E-state index is -4.54. The molecule has 1 aromatic heterocycles. The maximum absolute atomic E-state index is 13.9. The Balaban J connectivity index is 1.43. The minimum absolute atomic E-state index is 0.0575. The molecular formula is C23H20ClF4N3O. The summed E-state index contributed by atoms with van der Waals surface area (Å²) in [6.07, 6.45) is -2.04. The molecule has 0 saturated heterocycles. The number of carbonyl (C=O) groups is 1. The van der Waals surface area contributed by atoms with Crippen molar-refractivity contribution in [3.05, 3.63) is 70.6 Å². The number of pyridine rings is 1. The Morgan fingerprint density at radius 3 is 2.41 bits per heavy atom. The molecule has 4 nitrogen and oxygen atoms in total. The minimum Gasteiger partial charge on any atom is -0.382 e. The summed E-state index contributed by atoms with van der Waals surface area (Å²) in [5, 5.41) is 6.94. The molecule has 0 spiro atoms. The van der Waals surface area contributed by atoms with Crippen molar-refractivity contribution in [3.63, 3.8) is 0 Å². The lowest BCUT2D eigenvalue weighted by Crippen LogP contribution is -2.40. The first-order valence-corrected chi connectivity index (χ1v) is 10.6. The highest BCUT2D eigenvalue weighted by Gasteiger charge is 2.34. The first-order chi connectivity index (χ1) is 15.2. The maximum atomic E-state index is 13.9. The van der Waals surface area contributed by atoms with Crippen LogP contribution in [0.3, 0.4) is 0 Å². The Morgan fingerprint density at radius 1 is 1.00 bits per heavy atom. The maximum Gasteiger partial charge on any atom is 0.433 e. The van der Waals surface area contributed by atoms with E-state index >= 15 is 0 Å². The van der Waals surface area contributed by atoms with Gasteiger partial charge in [0.15, 0.2) is 0 Å². The van der Waals surface area contributed by atoms with Gasteiger partial charge in [-0.3, -0.25) is 4.79 Å². The average Bonchev–Trinajstić information content (AvgIpc) is 2.76. The first-order valence-electron chi connectivity index (χ1n) is 10.2. The van der Waals surface area contributed by atoms with Crippen molar-refractivity contribution < 1.29 is 22.4 Å². The van der Waals surface area contributed by atoms with Gasteiger partial charge >= 0.3 is 6.18 Å². The zero-order valence-electron chi connectivity index (χ0n) is 16.8. The summed E-state index contributed by atoms with van der Waals surface area (Å²) in [7, 11) is 0. The van der Waals surface area contributed by atoms with Crippen molar-refractivity contribution in [2.75, 3.05) is 5.32 Å². The Morgan fingerprint density at radius 2 is 1.69 bits per heavy atom. The zero-order valence-corrected chi connectivity index (χ0v) is 17.6. The molecule has 1 fully saturated rings. The number of hydrogen-bond donors (Lipinski definition) is 2. The van der Waals surface area contributed by atoms with Gasteiger partial charge in [0, 0.05) is 28.2 Å². The van der Waals surface area contributed by atoms with Gasteiger partial charge in [-0.05, 0) is 56.0 Å². The number of hydrogen-bond acceptors (Lipinski definition) is 3. The molecule has 1 heterocycles. The largest absolute Gasteiger partial charge is 0.433 e. The molecular weight excluding hydrogens is 446 g/mol. The lowest BCUT2D eigenvalue weighted by atomic mass is 9.90. The molecule has 9 heteroatoms. The molecule has 0 radical (unpaired) electrons. The third-order valence-electron chi connectivity index (χ3n) is 5.60. The van der Waals surface area contributed by atoms with Crippen molar-refractivity contribution in [1.82, 2.24) is 10.3 Å². The second-order valence-corrected chi connectivity index (χ2v) is 8.30. The molecule has 168 valence electrons. The van der Waals surface area contributed by atoms with Crippen molar-refractivity contribution in [3.8, 4) is 0 Å². The van der Waals surface area contributed by atoms with Gasteiger partial charge in [-0.1, -0.05) is 29.8 Å². The summed E-state index contributed by atoms with van der Waals surface area (Å²) in [6.45, 7) is 0. The van der Waals surface area contributed by atoms with Crippen LogP contribution in [0, 0.1) is 5.82 Å². The fourth-order valence-corrected chi connectivity index (χ4v) is 4.15. The predicted octanol–water partition coefficient (Wildman–Crippen LogP) is 6.20. The van der Waals surface area contributed by atoms with E-state index < -0.39 is 23.6 Å². The van der Waals surface area contributed by atoms with Crippen LogP contribution in [-0.4, -0.2) is 23.0 Å². The zero-order chi connectivity index (χ0) is 22.9. The van der Waals surface area contributed by atoms with Crippen molar-refractivity contribution in [2.45, 2.75) is 43.9 Å². The SMILES string of the molecule is O=C(NC1CCC(Nc2cc(C(F)(F)F)nc3ccccc23)CC1)c1cc(Cl)ccc1F. The highest BCUT2D eigenvalue weighted by atomic mass is 35.5. The van der Waals surface area contributed by atoms with Crippen LogP contribution in [0.4, 0.5) is 23.2 Å². The number of rotatable bonds is 4. The summed E-state index contributed by atoms with van der Waals surface area (Å²) in [5.41, 5.74) is -0.394. The number of carbonyl (C=O) groups excluding carboxylic acids is 1. The Bertz CT molecular complexity index is 1140. The van der Waals surface area contributed by atoms with Crippen LogP contribution in [-0.2, 0) is 6.18 Å². The molecule has 1 aliphatic rings. The number of fused-ring (bicyclic) bond motifs is 1. The molecule has 2 N–H and O–H groups in total. The van der Waals surface area contributed by atoms with E-state index in [1.165, 1.54) is 12.1 Å². The van der Waals surface area contributed by atoms with Crippen LogP contribution >= 0.6 is 11.6 Å². The molecule has 3 aromatic rings. The second-order valence-electron chi connectivity index (χ2n) is 7.86. The Hall–Kier alpha value is -2.87. The fourth-order valence-electron chi connectivity index (χ4n) is 3.98. The number of nitrogens with zero attached hydrogens (tertiary/aromatic N) is 1. The summed E-state index contributed by atoms with van der Waals surface area (Å²) < 4.78 is 53.7. The normalized spacial score (nSPS) is 19.0. The van der Waals surface area contributed by atoms with Gasteiger partial charge in [0.2, 0.25) is 0 Å². The van der Waals surface area contributed by atoms with Gasteiger partial charge in [-0.2, -0.15) is 13.2 Å². The third-order valence-corrected chi connectivity index (χ3v) is 5.84. The Kier molecular flexibility index (Phi) is 6.24. The van der Waals surface area contributed by atoms with Crippen LogP contribution in [0.15, 0.2) is 48.5 Å². The molecule has 0 bridgehead atoms. The topological polar surface area (TPSA) is 54.0 Å². The van der Waals surface area contributed by atoms with Gasteiger partial charge in [0.1, 0.15) is 11.5 Å². The highest BCUT2D eigenvalue weighted by Crippen LogP contribution is 2.34. The quantitative estimate of drug-likeness (QED) is 0.451. The number of benzene rings is 2. The fraction of sp³-hybridized carbons (Fsp3) is 0.304. The Labute approximate surface area is 187 Å². The number of halogens is 5. The van der Waals surface area contributed by atoms with Gasteiger partial charge in [-0.25, -0.2) is 9.37 Å². The van der Waals surface area contributed by atoms with Crippen LogP contribution in [0.25, 0.3) is 10.9 Å². The molecule has 2 aromatic carbocycles. The number of para-hydroxylation sites is 1. The monoisotopic (exact) mass is 465 g/mol. The highest BCUT2D eigenvalue weighted by molar-refractivity contribution is 6.31. The summed E-state index contributed by atoms with van der Waals surface area (Å²) in [5.74, 6) is -1.18. The van der Waals surface area contributed by atoms with Crippen LogP contribution in [0.1, 0.15) is 41.7 Å². The number of aromatic nitrogens is 1. The third kappa shape index (κ3) is 4.96. The smallest absolute Gasteiger partial charge is 0.382 e. The van der Waals surface area contributed by atoms with Crippen molar-refractivity contribution in [2.24, 2.45) is 0 Å². The number of alkyl halides is 3. The van der Waals surface area contributed by atoms with E-state index in [0.29, 0.717) is 36.8 Å². The van der Waals surface area contributed by atoms with Gasteiger partial charge in [0.25, 0.3) is 5.91 Å². The molecule has 4 rings (SSSR count). The van der Waals surface area contributed by atoms with E-state index in [1.807, 2.05) is 0 Å². The summed E-state index contributed by atoms with van der Waals surface area (Å²) >= 11 is 5.85. The van der Waals surface area contributed by atoms with E-state index in [2.05, 4.69) is 15.6 Å². The van der Waals surface area contributed by atoms with Gasteiger partial charge < -0.3 is 10.6 Å². The van der Waals surface area contributed by atoms with E-state index in [1.54, 1.807) is 24.3 Å². The van der Waals surface area contributed by atoms with E-state index in [-0.39, 0.29) is 28.2 Å². The van der Waals surface area contributed by atoms with E-state index in [4.69, 9.17) is 11.6 Å². The standard InChI is InChI=1S/C23H20ClF4N3O/c24-13-5-10-18(25)17(11-13)22(32)30-15-8-6-14(7-9-15)29-20-12-21(23(26,27)28)31-19-4-2-1-3-16(19)20/h1-5,10-12,14-15H,6-9H2,(H,29,31)(H,30,32). The molecule has 32 heavy (non-hydrogen) atoms. The lowest BCUT2D eigenvalue weighted by Gasteiger charge is -2.30. The number of nitrogens with one attached hydrogen (secondary N) is 2. The molecule has 1 aliphatic carbocycles. The number of amides is 1. The lowest BCUT2D eigenvalue weighted by molar-refractivity contribution is -0.140. The first kappa shape index (κ1) is 22.3. The average molecular weight is 466 g/mol. The van der Waals surface area contributed by atoms with Gasteiger partial charge in [0.05, 0.1) is 11.1 Å². The van der Waals surface area contributed by atoms with Crippen molar-refractivity contribution in [1.29, 1.82) is 0 Å². The molecule has 0 atom stereocenters. The predicted molar refractivity (Wildman–Crippen MR) is 115 cm³/mol. The van der Waals surface area contributed by atoms with E-state index in [0.717, 1.165) is 12.1 Å². The molecule has 1 amide bonds. The van der Waals surface area contributed by atoms with Gasteiger partial charge in [-0.15, -0.1) is 0 Å². The molecule has 0 aliphatic heterocycles. The van der Waals surface area contributed by atoms with E-state index in [9.17, 15) is 22.4 Å². The van der Waals surface area contributed by atoms with Crippen LogP contribution in [0.2, 0.25) is 5.02 Å². The van der Waals surface area contributed by atoms with Crippen LogP contribution < -0.4 is 10.6 Å². The summed E-state index contributed by atoms with van der Waals surface area (Å²) in [4.78, 5) is 16.1. The van der Waals surface area contributed by atoms with Crippen molar-refractivity contribution >= 4 is 34.1 Å². The van der Waals surface area contributed by atoms with Crippen LogP contribution in [0.5, 0.6) is 0 Å². The summed E-state index contributed by atoms with van der Waals surface area (Å²) in [6, 6.07) is 11.3. The molecule has 0 unspecified atom stereocenters. The molecule has 1 saturated carbocycles.